The van der Waals surface area contributed by atoms with Crippen LogP contribution in [-0.2, 0) is 0 Å². The molecule has 0 spiro atoms. The number of ether oxygens (including phenoxy) is 1. The summed E-state index contributed by atoms with van der Waals surface area (Å²) in [7, 11) is 0. The zero-order chi connectivity index (χ0) is 13.7. The Balaban J connectivity index is 2.00. The van der Waals surface area contributed by atoms with E-state index in [9.17, 15) is 4.39 Å². The fourth-order valence-electron chi connectivity index (χ4n) is 2.76. The van der Waals surface area contributed by atoms with E-state index in [0.717, 1.165) is 30.7 Å². The van der Waals surface area contributed by atoms with E-state index in [4.69, 9.17) is 4.74 Å². The normalized spacial score (nSPS) is 23.1. The van der Waals surface area contributed by atoms with Gasteiger partial charge in [0.2, 0.25) is 0 Å². The van der Waals surface area contributed by atoms with Crippen molar-refractivity contribution in [3.63, 3.8) is 0 Å². The van der Waals surface area contributed by atoms with Crippen molar-refractivity contribution in [1.29, 1.82) is 0 Å². The van der Waals surface area contributed by atoms with Crippen LogP contribution >= 0.6 is 0 Å². The Kier molecular flexibility index (Phi) is 5.00. The molecule has 0 bridgehead atoms. The van der Waals surface area contributed by atoms with Crippen LogP contribution in [0.15, 0.2) is 30.9 Å². The van der Waals surface area contributed by atoms with E-state index in [1.807, 2.05) is 12.1 Å². The van der Waals surface area contributed by atoms with Gasteiger partial charge in [0.1, 0.15) is 11.6 Å². The number of hydrogen-bond donors (Lipinski definition) is 0. The van der Waals surface area contributed by atoms with E-state index in [-0.39, 0.29) is 5.82 Å². The first-order chi connectivity index (χ1) is 9.20. The lowest BCUT2D eigenvalue weighted by Crippen LogP contribution is -2.12. The highest BCUT2D eigenvalue weighted by atomic mass is 19.1. The second kappa shape index (κ2) is 6.74. The average Bonchev–Trinajstić information content (AvgIpc) is 2.41. The molecule has 0 aliphatic heterocycles. The molecule has 0 aromatic heterocycles. The molecule has 2 heteroatoms. The molecule has 1 aromatic rings. The molecule has 19 heavy (non-hydrogen) atoms. The third-order valence-corrected chi connectivity index (χ3v) is 4.02. The smallest absolute Gasteiger partial charge is 0.130 e. The molecule has 1 aliphatic carbocycles. The third-order valence-electron chi connectivity index (χ3n) is 4.02. The number of halogens is 1. The van der Waals surface area contributed by atoms with Crippen LogP contribution in [0, 0.1) is 11.7 Å². The second-order valence-corrected chi connectivity index (χ2v) is 5.57. The summed E-state index contributed by atoms with van der Waals surface area (Å²) in [5.74, 6) is 1.68. The van der Waals surface area contributed by atoms with Crippen LogP contribution in [0.3, 0.4) is 0 Å². The summed E-state index contributed by atoms with van der Waals surface area (Å²) < 4.78 is 19.6. The lowest BCUT2D eigenvalue weighted by Gasteiger charge is -2.26. The molecule has 1 aromatic carbocycles. The summed E-state index contributed by atoms with van der Waals surface area (Å²) >= 11 is 0. The Bertz CT molecular complexity index is 419. The van der Waals surface area contributed by atoms with Crippen molar-refractivity contribution >= 4 is 0 Å². The van der Waals surface area contributed by atoms with Crippen molar-refractivity contribution in [1.82, 2.24) is 0 Å². The highest BCUT2D eigenvalue weighted by Crippen LogP contribution is 2.37. The number of rotatable bonds is 5. The molecule has 104 valence electrons. The largest absolute Gasteiger partial charge is 0.493 e. The Hall–Kier alpha value is -1.31. The van der Waals surface area contributed by atoms with Crippen LogP contribution in [-0.4, -0.2) is 6.61 Å². The first kappa shape index (κ1) is 14.1. The molecular formula is C17H23FO. The van der Waals surface area contributed by atoms with E-state index in [1.54, 1.807) is 6.08 Å². The molecule has 0 amide bonds. The maximum atomic E-state index is 14.1. The van der Waals surface area contributed by atoms with Gasteiger partial charge in [0.15, 0.2) is 0 Å². The van der Waals surface area contributed by atoms with Gasteiger partial charge in [-0.1, -0.05) is 31.9 Å². The van der Waals surface area contributed by atoms with Gasteiger partial charge in [0, 0.05) is 6.07 Å². The second-order valence-electron chi connectivity index (χ2n) is 5.57. The lowest BCUT2D eigenvalue weighted by molar-refractivity contribution is 0.320. The van der Waals surface area contributed by atoms with Crippen LogP contribution in [0.1, 0.15) is 50.5 Å². The van der Waals surface area contributed by atoms with Gasteiger partial charge < -0.3 is 4.74 Å². The molecule has 0 atom stereocenters. The van der Waals surface area contributed by atoms with Crippen molar-refractivity contribution in [3.8, 4) is 5.75 Å². The summed E-state index contributed by atoms with van der Waals surface area (Å²) in [5.41, 5.74) is 0.864. The van der Waals surface area contributed by atoms with Gasteiger partial charge in [-0.3, -0.25) is 0 Å². The van der Waals surface area contributed by atoms with Gasteiger partial charge >= 0.3 is 0 Å². The van der Waals surface area contributed by atoms with Crippen LogP contribution in [0.25, 0.3) is 0 Å². The van der Waals surface area contributed by atoms with Crippen LogP contribution in [0.4, 0.5) is 4.39 Å². The van der Waals surface area contributed by atoms with E-state index in [1.165, 1.54) is 18.9 Å². The Morgan fingerprint density at radius 3 is 2.68 bits per heavy atom. The fourth-order valence-corrected chi connectivity index (χ4v) is 2.76. The van der Waals surface area contributed by atoms with Crippen LogP contribution in [0.2, 0.25) is 0 Å². The Morgan fingerprint density at radius 1 is 1.32 bits per heavy atom. The topological polar surface area (TPSA) is 9.23 Å². The first-order valence-corrected chi connectivity index (χ1v) is 7.24. The van der Waals surface area contributed by atoms with E-state index >= 15 is 0 Å². The minimum Gasteiger partial charge on any atom is -0.493 e. The molecule has 1 aliphatic rings. The van der Waals surface area contributed by atoms with Crippen LogP contribution < -0.4 is 4.74 Å². The predicted molar refractivity (Wildman–Crippen MR) is 77.1 cm³/mol. The molecule has 1 fully saturated rings. The third kappa shape index (κ3) is 3.82. The molecule has 0 saturated heterocycles. The molecule has 1 saturated carbocycles. The van der Waals surface area contributed by atoms with E-state index in [0.29, 0.717) is 18.3 Å². The quantitative estimate of drug-likeness (QED) is 0.531. The van der Waals surface area contributed by atoms with Crippen molar-refractivity contribution in [2.24, 2.45) is 5.92 Å². The molecule has 1 nitrogen and oxygen atoms in total. The minimum absolute atomic E-state index is 0.115. The lowest BCUT2D eigenvalue weighted by atomic mass is 9.79. The molecule has 0 heterocycles. The van der Waals surface area contributed by atoms with Gasteiger partial charge in [-0.2, -0.15) is 0 Å². The molecule has 0 N–H and O–H groups in total. The summed E-state index contributed by atoms with van der Waals surface area (Å²) in [6.45, 7) is 6.48. The van der Waals surface area contributed by atoms with Crippen molar-refractivity contribution in [2.45, 2.75) is 44.9 Å². The average molecular weight is 262 g/mol. The van der Waals surface area contributed by atoms with Crippen molar-refractivity contribution in [3.05, 3.63) is 42.2 Å². The van der Waals surface area contributed by atoms with Gasteiger partial charge in [-0.25, -0.2) is 4.39 Å². The number of benzene rings is 1. The Labute approximate surface area is 115 Å². The van der Waals surface area contributed by atoms with Gasteiger partial charge in [-0.15, -0.1) is 6.58 Å². The van der Waals surface area contributed by atoms with Crippen molar-refractivity contribution in [2.75, 3.05) is 6.61 Å². The highest BCUT2D eigenvalue weighted by Gasteiger charge is 2.22. The first-order valence-electron chi connectivity index (χ1n) is 7.24. The Morgan fingerprint density at radius 2 is 2.05 bits per heavy atom. The number of hydrogen-bond acceptors (Lipinski definition) is 1. The fraction of sp³-hybridized carbons (Fsp3) is 0.529. The summed E-state index contributed by atoms with van der Waals surface area (Å²) in [5, 5.41) is 0. The van der Waals surface area contributed by atoms with Crippen molar-refractivity contribution < 1.29 is 9.13 Å². The maximum absolute atomic E-state index is 14.1. The van der Waals surface area contributed by atoms with Crippen LogP contribution in [0.5, 0.6) is 5.75 Å². The summed E-state index contributed by atoms with van der Waals surface area (Å²) in [6, 6.07) is 5.31. The zero-order valence-corrected chi connectivity index (χ0v) is 11.7. The molecule has 0 radical (unpaired) electrons. The monoisotopic (exact) mass is 262 g/mol. The summed E-state index contributed by atoms with van der Waals surface area (Å²) in [6.07, 6.45) is 7.21. The zero-order valence-electron chi connectivity index (χ0n) is 11.7. The molecule has 0 unspecified atom stereocenters. The van der Waals surface area contributed by atoms with Gasteiger partial charge in [-0.05, 0) is 42.7 Å². The molecular weight excluding hydrogens is 239 g/mol. The van der Waals surface area contributed by atoms with E-state index < -0.39 is 0 Å². The predicted octanol–water partition coefficient (Wildman–Crippen LogP) is 5.07. The van der Waals surface area contributed by atoms with Gasteiger partial charge in [0.05, 0.1) is 6.61 Å². The SMILES string of the molecule is C=CCCOc1ccc(C2CCC(C)CC2)c(F)c1. The minimum atomic E-state index is -0.115. The summed E-state index contributed by atoms with van der Waals surface area (Å²) in [4.78, 5) is 0. The maximum Gasteiger partial charge on any atom is 0.130 e. The molecule has 2 rings (SSSR count). The van der Waals surface area contributed by atoms with E-state index in [2.05, 4.69) is 13.5 Å². The standard InChI is InChI=1S/C17H23FO/c1-3-4-11-19-15-9-10-16(17(18)12-15)14-7-5-13(2)6-8-14/h3,9-10,12-14H,1,4-8,11H2,2H3. The highest BCUT2D eigenvalue weighted by molar-refractivity contribution is 5.31. The van der Waals surface area contributed by atoms with Gasteiger partial charge in [0.25, 0.3) is 0 Å².